The quantitative estimate of drug-likeness (QED) is 0.145. The molecule has 1 N–H and O–H groups in total. The van der Waals surface area contributed by atoms with Gasteiger partial charge in [0.15, 0.2) is 18.3 Å². The van der Waals surface area contributed by atoms with E-state index in [0.29, 0.717) is 32.1 Å². The second-order valence-electron chi connectivity index (χ2n) is 22.2. The molecule has 4 saturated carbocycles. The minimum atomic E-state index is -1.78. The fraction of sp³-hybridized carbons (Fsp3) is 0.788. The monoisotopic (exact) mass is 1020 g/mol. The highest BCUT2D eigenvalue weighted by atomic mass is 16.7. The van der Waals surface area contributed by atoms with Crippen molar-refractivity contribution in [3.05, 3.63) is 11.6 Å². The Morgan fingerprint density at radius 2 is 1.15 bits per heavy atom. The molecule has 5 aliphatic carbocycles. The first-order valence-corrected chi connectivity index (χ1v) is 25.0. The van der Waals surface area contributed by atoms with Crippen LogP contribution in [0.2, 0.25) is 0 Å². The molecule has 20 heteroatoms. The Morgan fingerprint density at radius 3 is 1.69 bits per heavy atom. The molecule has 1 heterocycles. The highest BCUT2D eigenvalue weighted by molar-refractivity contribution is 5.79. The number of hydrogen-bond donors (Lipinski definition) is 1. The molecule has 402 valence electrons. The summed E-state index contributed by atoms with van der Waals surface area (Å²) in [6.45, 7) is 18.4. The summed E-state index contributed by atoms with van der Waals surface area (Å²) in [6.07, 6.45) is -4.92. The van der Waals surface area contributed by atoms with Crippen LogP contribution in [0.4, 0.5) is 0 Å². The molecule has 5 fully saturated rings. The zero-order valence-corrected chi connectivity index (χ0v) is 43.9. The molecule has 16 unspecified atom stereocenters. The van der Waals surface area contributed by atoms with Crippen molar-refractivity contribution < 1.29 is 95.6 Å². The molecule has 0 aromatic heterocycles. The molecule has 0 aromatic carbocycles. The van der Waals surface area contributed by atoms with Crippen LogP contribution in [0.3, 0.4) is 0 Å². The molecule has 0 amide bonds. The van der Waals surface area contributed by atoms with E-state index >= 15 is 4.79 Å². The predicted octanol–water partition coefficient (Wildman–Crippen LogP) is 4.94. The summed E-state index contributed by atoms with van der Waals surface area (Å²) < 4.78 is 58.3. The minimum absolute atomic E-state index is 0.203. The van der Waals surface area contributed by atoms with E-state index in [1.807, 2.05) is 6.92 Å². The molecular weight excluding hydrogens is 945 g/mol. The number of carbonyl (C=O) groups is 9. The van der Waals surface area contributed by atoms with Gasteiger partial charge in [0, 0.05) is 61.3 Å². The van der Waals surface area contributed by atoms with Gasteiger partial charge in [0.05, 0.1) is 16.4 Å². The summed E-state index contributed by atoms with van der Waals surface area (Å²) in [5.74, 6) is -8.32. The Labute approximate surface area is 420 Å². The number of hydrogen-bond acceptors (Lipinski definition) is 20. The average molecular weight is 1020 g/mol. The van der Waals surface area contributed by atoms with Crippen LogP contribution >= 0.6 is 0 Å². The number of allylic oxidation sites excluding steroid dienone is 1. The largest absolute Gasteiger partial charge is 0.465 e. The summed E-state index contributed by atoms with van der Waals surface area (Å²) in [7, 11) is 0. The van der Waals surface area contributed by atoms with E-state index in [-0.39, 0.29) is 44.3 Å². The van der Waals surface area contributed by atoms with E-state index in [0.717, 1.165) is 33.3 Å². The first kappa shape index (κ1) is 56.2. The lowest BCUT2D eigenvalue weighted by molar-refractivity contribution is -0.306. The normalized spacial score (nSPS) is 39.5. The smallest absolute Gasteiger partial charge is 0.315 e. The zero-order chi connectivity index (χ0) is 53.7. The van der Waals surface area contributed by atoms with Gasteiger partial charge in [-0.05, 0) is 92.3 Å². The lowest BCUT2D eigenvalue weighted by atomic mass is 9.32. The van der Waals surface area contributed by atoms with Gasteiger partial charge in [0.25, 0.3) is 0 Å². The maximum Gasteiger partial charge on any atom is 0.315 e. The Morgan fingerprint density at radius 1 is 0.611 bits per heavy atom. The highest BCUT2D eigenvalue weighted by Gasteiger charge is 2.74. The van der Waals surface area contributed by atoms with E-state index < -0.39 is 148 Å². The van der Waals surface area contributed by atoms with E-state index in [4.69, 9.17) is 47.4 Å². The van der Waals surface area contributed by atoms with Crippen molar-refractivity contribution in [1.29, 1.82) is 0 Å². The summed E-state index contributed by atoms with van der Waals surface area (Å²) in [6, 6.07) is 0. The third-order valence-corrected chi connectivity index (χ3v) is 17.8. The third kappa shape index (κ3) is 10.1. The van der Waals surface area contributed by atoms with E-state index in [1.165, 1.54) is 27.7 Å². The van der Waals surface area contributed by atoms with E-state index in [1.54, 1.807) is 6.92 Å². The van der Waals surface area contributed by atoms with Crippen LogP contribution in [0.1, 0.15) is 141 Å². The van der Waals surface area contributed by atoms with Crippen molar-refractivity contribution >= 4 is 53.7 Å². The molecular formula is C52H74O20. The fourth-order valence-electron chi connectivity index (χ4n) is 14.6. The number of aliphatic hydroxyl groups is 1. The van der Waals surface area contributed by atoms with Crippen molar-refractivity contribution in [2.24, 2.45) is 50.7 Å². The second kappa shape index (κ2) is 20.7. The highest BCUT2D eigenvalue weighted by Crippen LogP contribution is 2.76. The van der Waals surface area contributed by atoms with Gasteiger partial charge in [-0.1, -0.05) is 39.3 Å². The van der Waals surface area contributed by atoms with Crippen LogP contribution in [-0.4, -0.2) is 127 Å². The van der Waals surface area contributed by atoms with Gasteiger partial charge in [-0.25, -0.2) is 0 Å². The van der Waals surface area contributed by atoms with Gasteiger partial charge < -0.3 is 52.5 Å². The molecule has 72 heavy (non-hydrogen) atoms. The topological polar surface area (TPSA) is 266 Å². The number of fused-ring (bicyclic) bond motifs is 7. The van der Waals surface area contributed by atoms with Crippen molar-refractivity contribution in [1.82, 2.24) is 0 Å². The molecule has 0 bridgehead atoms. The molecule has 1 saturated heterocycles. The summed E-state index contributed by atoms with van der Waals surface area (Å²) in [4.78, 5) is 116. The van der Waals surface area contributed by atoms with Gasteiger partial charge in [0.2, 0.25) is 12.4 Å². The summed E-state index contributed by atoms with van der Waals surface area (Å²) >= 11 is 0. The van der Waals surface area contributed by atoms with Gasteiger partial charge in [-0.2, -0.15) is 0 Å². The lowest BCUT2D eigenvalue weighted by Crippen LogP contribution is -2.71. The Bertz CT molecular complexity index is 2200. The molecule has 0 spiro atoms. The minimum Gasteiger partial charge on any atom is -0.465 e. The molecule has 0 aromatic rings. The van der Waals surface area contributed by atoms with Crippen LogP contribution in [0.5, 0.6) is 0 Å². The van der Waals surface area contributed by atoms with Gasteiger partial charge in [-0.3, -0.25) is 43.2 Å². The SMILES string of the molecule is CC(=O)OCC1OC(OC(=O)C23CCC(C)C(C)(O)C2C2=CCC4C5(C)CC(OC(C)=O)C(OC(C)=O)C(COC(C)=O)(COC(C)=O)C5CCC4(C)C2(C)CC3)C(OC(C)=O)C(OC(C)=O)C1OC(C)=O. The average Bonchev–Trinajstić information content (AvgIpc) is 3.25. The predicted molar refractivity (Wildman–Crippen MR) is 247 cm³/mol. The summed E-state index contributed by atoms with van der Waals surface area (Å²) in [5, 5.41) is 12.9. The van der Waals surface area contributed by atoms with Crippen LogP contribution in [0, 0.1) is 50.7 Å². The maximum absolute atomic E-state index is 15.5. The standard InChI is InChI=1S/C52H74O20/c1-26-16-19-51(46(61)72-45-42(69-33(8)59)41(68-32(7)58)40(67-31(6)57)37(71-45)23-63-27(2)53)21-20-48(11)35(43(51)50(26,13)62)14-15-38-47(10)22-36(66-30(5)56)44(70-34(9)60)52(24-64-28(3)54,25-65-29(4)55)39(47)17-18-49(38,48)12/h14,26,36-45,62H,15-25H2,1-13H3. The fourth-order valence-corrected chi connectivity index (χ4v) is 14.6. The molecule has 1 aliphatic heterocycles. The zero-order valence-electron chi connectivity index (χ0n) is 43.9. The van der Waals surface area contributed by atoms with Crippen LogP contribution < -0.4 is 0 Å². The number of carbonyl (C=O) groups excluding carboxylic acids is 9. The lowest BCUT2D eigenvalue weighted by Gasteiger charge is -2.72. The first-order valence-electron chi connectivity index (χ1n) is 25.0. The molecule has 20 nitrogen and oxygen atoms in total. The third-order valence-electron chi connectivity index (χ3n) is 17.8. The molecule has 6 aliphatic rings. The Hall–Kier alpha value is -5.11. The van der Waals surface area contributed by atoms with E-state index in [2.05, 4.69) is 26.8 Å². The number of rotatable bonds is 13. The number of esters is 9. The van der Waals surface area contributed by atoms with Gasteiger partial charge in [0.1, 0.15) is 32.0 Å². The van der Waals surface area contributed by atoms with Crippen molar-refractivity contribution in [3.8, 4) is 0 Å². The van der Waals surface area contributed by atoms with Gasteiger partial charge in [-0.15, -0.1) is 0 Å². The first-order chi connectivity index (χ1) is 33.4. The Balaban J connectivity index is 1.46. The van der Waals surface area contributed by atoms with Crippen LogP contribution in [0.15, 0.2) is 11.6 Å². The van der Waals surface area contributed by atoms with E-state index in [9.17, 15) is 43.5 Å². The second-order valence-corrected chi connectivity index (χ2v) is 22.2. The number of ether oxygens (including phenoxy) is 10. The van der Waals surface area contributed by atoms with Crippen molar-refractivity contribution in [2.45, 2.75) is 190 Å². The van der Waals surface area contributed by atoms with Crippen LogP contribution in [-0.2, 0) is 90.5 Å². The van der Waals surface area contributed by atoms with Crippen LogP contribution in [0.25, 0.3) is 0 Å². The van der Waals surface area contributed by atoms with Gasteiger partial charge >= 0.3 is 53.7 Å². The molecule has 0 radical (unpaired) electrons. The van der Waals surface area contributed by atoms with Crippen molar-refractivity contribution in [3.63, 3.8) is 0 Å². The summed E-state index contributed by atoms with van der Waals surface area (Å²) in [5.41, 5.74) is -5.44. The molecule has 6 rings (SSSR count). The maximum atomic E-state index is 15.5. The Kier molecular flexibility index (Phi) is 16.1. The molecule has 16 atom stereocenters. The van der Waals surface area contributed by atoms with Crippen molar-refractivity contribution in [2.75, 3.05) is 19.8 Å².